The summed E-state index contributed by atoms with van der Waals surface area (Å²) in [6, 6.07) is 0. The van der Waals surface area contributed by atoms with E-state index in [2.05, 4.69) is 46.2 Å². The lowest BCUT2D eigenvalue weighted by atomic mass is 10.2. The third kappa shape index (κ3) is 4.56. The highest BCUT2D eigenvalue weighted by Crippen LogP contribution is 2.11. The topological polar surface area (TPSA) is 57.4 Å². The third-order valence-corrected chi connectivity index (χ3v) is 3.40. The van der Waals surface area contributed by atoms with Crippen LogP contribution in [0.1, 0.15) is 31.5 Å². The minimum Gasteiger partial charge on any atom is -0.339 e. The first-order chi connectivity index (χ1) is 9.15. The van der Waals surface area contributed by atoms with Gasteiger partial charge < -0.3 is 9.84 Å². The van der Waals surface area contributed by atoms with Crippen molar-refractivity contribution >= 4 is 0 Å². The van der Waals surface area contributed by atoms with Crippen LogP contribution < -0.4 is 5.32 Å². The SMILES string of the molecule is CC(C)c1nc(CN(C)CCN2CCNCC2)no1. The summed E-state index contributed by atoms with van der Waals surface area (Å²) < 4.78 is 5.21. The van der Waals surface area contributed by atoms with Crippen LogP contribution in [0.5, 0.6) is 0 Å². The van der Waals surface area contributed by atoms with Gasteiger partial charge in [-0.15, -0.1) is 0 Å². The summed E-state index contributed by atoms with van der Waals surface area (Å²) in [6.07, 6.45) is 0. The van der Waals surface area contributed by atoms with Gasteiger partial charge in [0.1, 0.15) is 0 Å². The van der Waals surface area contributed by atoms with Gasteiger partial charge in [0.15, 0.2) is 5.82 Å². The van der Waals surface area contributed by atoms with Gasteiger partial charge in [0.25, 0.3) is 0 Å². The molecule has 1 N–H and O–H groups in total. The molecule has 0 amide bonds. The predicted molar refractivity (Wildman–Crippen MR) is 74.0 cm³/mol. The molecule has 6 heteroatoms. The van der Waals surface area contributed by atoms with E-state index in [1.807, 2.05) is 0 Å². The number of aromatic nitrogens is 2. The molecule has 0 aromatic carbocycles. The van der Waals surface area contributed by atoms with Crippen molar-refractivity contribution in [1.29, 1.82) is 0 Å². The summed E-state index contributed by atoms with van der Waals surface area (Å²) in [4.78, 5) is 9.14. The fraction of sp³-hybridized carbons (Fsp3) is 0.846. The Balaban J connectivity index is 1.72. The summed E-state index contributed by atoms with van der Waals surface area (Å²) in [5.41, 5.74) is 0. The number of nitrogens with zero attached hydrogens (tertiary/aromatic N) is 4. The summed E-state index contributed by atoms with van der Waals surface area (Å²) in [7, 11) is 2.10. The monoisotopic (exact) mass is 267 g/mol. The quantitative estimate of drug-likeness (QED) is 0.811. The number of piperazine rings is 1. The maximum atomic E-state index is 5.21. The van der Waals surface area contributed by atoms with Crippen LogP contribution in [0, 0.1) is 0 Å². The Morgan fingerprint density at radius 2 is 2.11 bits per heavy atom. The molecule has 19 heavy (non-hydrogen) atoms. The van der Waals surface area contributed by atoms with Crippen LogP contribution in [0.15, 0.2) is 4.52 Å². The highest BCUT2D eigenvalue weighted by atomic mass is 16.5. The molecule has 2 heterocycles. The highest BCUT2D eigenvalue weighted by molar-refractivity contribution is 4.90. The maximum absolute atomic E-state index is 5.21. The van der Waals surface area contributed by atoms with E-state index in [1.54, 1.807) is 0 Å². The normalized spacial score (nSPS) is 17.5. The molecular formula is C13H25N5O. The van der Waals surface area contributed by atoms with Crippen molar-refractivity contribution < 1.29 is 4.52 Å². The highest BCUT2D eigenvalue weighted by Gasteiger charge is 2.13. The van der Waals surface area contributed by atoms with Crippen molar-refractivity contribution in [3.8, 4) is 0 Å². The minimum atomic E-state index is 0.299. The van der Waals surface area contributed by atoms with Crippen LogP contribution >= 0.6 is 0 Å². The van der Waals surface area contributed by atoms with Gasteiger partial charge in [-0.3, -0.25) is 9.80 Å². The molecule has 1 fully saturated rings. The molecule has 2 rings (SSSR count). The number of likely N-dealkylation sites (N-methyl/N-ethyl adjacent to an activating group) is 1. The van der Waals surface area contributed by atoms with Gasteiger partial charge in [0, 0.05) is 45.2 Å². The Kier molecular flexibility index (Phi) is 5.30. The second kappa shape index (κ2) is 6.98. The molecule has 0 unspecified atom stereocenters. The Morgan fingerprint density at radius 1 is 1.37 bits per heavy atom. The zero-order valence-corrected chi connectivity index (χ0v) is 12.2. The molecule has 1 aliphatic rings. The molecule has 0 spiro atoms. The van der Waals surface area contributed by atoms with Crippen LogP contribution in [0.25, 0.3) is 0 Å². The van der Waals surface area contributed by atoms with Crippen LogP contribution in [0.3, 0.4) is 0 Å². The summed E-state index contributed by atoms with van der Waals surface area (Å²) in [5, 5.41) is 7.39. The average Bonchev–Trinajstić information content (AvgIpc) is 2.86. The molecule has 6 nitrogen and oxygen atoms in total. The van der Waals surface area contributed by atoms with E-state index < -0.39 is 0 Å². The van der Waals surface area contributed by atoms with Crippen LogP contribution in [-0.4, -0.2) is 66.3 Å². The zero-order chi connectivity index (χ0) is 13.7. The lowest BCUT2D eigenvalue weighted by Gasteiger charge is -2.28. The van der Waals surface area contributed by atoms with E-state index in [0.717, 1.165) is 57.5 Å². The van der Waals surface area contributed by atoms with Gasteiger partial charge in [-0.1, -0.05) is 19.0 Å². The summed E-state index contributed by atoms with van der Waals surface area (Å²) >= 11 is 0. The Labute approximate surface area is 115 Å². The number of nitrogens with one attached hydrogen (secondary N) is 1. The van der Waals surface area contributed by atoms with Crippen LogP contribution in [0.2, 0.25) is 0 Å². The van der Waals surface area contributed by atoms with Gasteiger partial charge >= 0.3 is 0 Å². The molecule has 0 aliphatic carbocycles. The molecule has 1 aliphatic heterocycles. The van der Waals surface area contributed by atoms with Gasteiger partial charge in [-0.05, 0) is 7.05 Å². The largest absolute Gasteiger partial charge is 0.339 e. The van der Waals surface area contributed by atoms with Crippen molar-refractivity contribution in [2.75, 3.05) is 46.3 Å². The molecule has 108 valence electrons. The molecule has 1 aromatic rings. The Morgan fingerprint density at radius 3 is 2.74 bits per heavy atom. The third-order valence-electron chi connectivity index (χ3n) is 3.40. The van der Waals surface area contributed by atoms with E-state index in [0.29, 0.717) is 5.92 Å². The lowest BCUT2D eigenvalue weighted by Crippen LogP contribution is -2.45. The molecule has 1 saturated heterocycles. The van der Waals surface area contributed by atoms with Crippen LogP contribution in [0.4, 0.5) is 0 Å². The van der Waals surface area contributed by atoms with Crippen molar-refractivity contribution in [3.05, 3.63) is 11.7 Å². The Hall–Kier alpha value is -0.980. The first-order valence-corrected chi connectivity index (χ1v) is 7.09. The van der Waals surface area contributed by atoms with Crippen molar-refractivity contribution in [1.82, 2.24) is 25.3 Å². The van der Waals surface area contributed by atoms with Crippen molar-refractivity contribution in [2.45, 2.75) is 26.3 Å². The second-order valence-corrected chi connectivity index (χ2v) is 5.53. The molecule has 0 saturated carbocycles. The predicted octanol–water partition coefficient (Wildman–Crippen LogP) is 0.530. The van der Waals surface area contributed by atoms with Crippen molar-refractivity contribution in [3.63, 3.8) is 0 Å². The fourth-order valence-electron chi connectivity index (χ4n) is 2.13. The Bertz CT molecular complexity index is 373. The van der Waals surface area contributed by atoms with Crippen LogP contribution in [-0.2, 0) is 6.54 Å². The summed E-state index contributed by atoms with van der Waals surface area (Å²) in [5.74, 6) is 1.81. The number of hydrogen-bond acceptors (Lipinski definition) is 6. The second-order valence-electron chi connectivity index (χ2n) is 5.53. The van der Waals surface area contributed by atoms with Gasteiger partial charge in [-0.25, -0.2) is 0 Å². The first kappa shape index (κ1) is 14.4. The van der Waals surface area contributed by atoms with Gasteiger partial charge in [0.2, 0.25) is 5.89 Å². The van der Waals surface area contributed by atoms with E-state index in [1.165, 1.54) is 0 Å². The van der Waals surface area contributed by atoms with Gasteiger partial charge in [-0.2, -0.15) is 4.98 Å². The number of rotatable bonds is 6. The minimum absolute atomic E-state index is 0.299. The van der Waals surface area contributed by atoms with E-state index in [4.69, 9.17) is 4.52 Å². The molecule has 0 radical (unpaired) electrons. The molecular weight excluding hydrogens is 242 g/mol. The van der Waals surface area contributed by atoms with E-state index >= 15 is 0 Å². The summed E-state index contributed by atoms with van der Waals surface area (Å²) in [6.45, 7) is 11.5. The lowest BCUT2D eigenvalue weighted by molar-refractivity contribution is 0.200. The zero-order valence-electron chi connectivity index (χ0n) is 12.2. The molecule has 0 bridgehead atoms. The van der Waals surface area contributed by atoms with Crippen molar-refractivity contribution in [2.24, 2.45) is 0 Å². The standard InChI is InChI=1S/C13H25N5O/c1-11(2)13-15-12(16-19-13)10-17(3)8-9-18-6-4-14-5-7-18/h11,14H,4-10H2,1-3H3. The van der Waals surface area contributed by atoms with E-state index in [9.17, 15) is 0 Å². The molecule has 1 aromatic heterocycles. The maximum Gasteiger partial charge on any atom is 0.229 e. The molecule has 0 atom stereocenters. The van der Waals surface area contributed by atoms with Gasteiger partial charge in [0.05, 0.1) is 6.54 Å². The number of hydrogen-bond donors (Lipinski definition) is 1. The smallest absolute Gasteiger partial charge is 0.229 e. The average molecular weight is 267 g/mol. The first-order valence-electron chi connectivity index (χ1n) is 7.09. The van der Waals surface area contributed by atoms with E-state index in [-0.39, 0.29) is 0 Å². The fourth-order valence-corrected chi connectivity index (χ4v) is 2.13.